The van der Waals surface area contributed by atoms with Crippen LogP contribution in [0.15, 0.2) is 24.3 Å². The predicted molar refractivity (Wildman–Crippen MR) is 83.8 cm³/mol. The van der Waals surface area contributed by atoms with Crippen LogP contribution in [0.4, 0.5) is 8.78 Å². The summed E-state index contributed by atoms with van der Waals surface area (Å²) in [5, 5.41) is 0.347. The molecule has 0 aromatic heterocycles. The van der Waals surface area contributed by atoms with Gasteiger partial charge in [0.2, 0.25) is 0 Å². The highest BCUT2D eigenvalue weighted by atomic mass is 32.2. The summed E-state index contributed by atoms with van der Waals surface area (Å²) < 4.78 is 28.9. The smallest absolute Gasteiger partial charge is 0.387 e. The van der Waals surface area contributed by atoms with Crippen molar-refractivity contribution < 1.29 is 18.3 Å². The molecule has 0 unspecified atom stereocenters. The molecule has 0 bridgehead atoms. The van der Waals surface area contributed by atoms with E-state index >= 15 is 0 Å². The van der Waals surface area contributed by atoms with Crippen molar-refractivity contribution in [3.63, 3.8) is 0 Å². The lowest BCUT2D eigenvalue weighted by Crippen LogP contribution is -2.37. The Hall–Kier alpha value is -1.34. The average molecular weight is 330 g/mol. The van der Waals surface area contributed by atoms with Crippen molar-refractivity contribution in [1.29, 1.82) is 0 Å². The van der Waals surface area contributed by atoms with E-state index in [9.17, 15) is 13.6 Å². The highest BCUT2D eigenvalue weighted by molar-refractivity contribution is 7.99. The van der Waals surface area contributed by atoms with Gasteiger partial charge in [-0.1, -0.05) is 6.07 Å². The molecule has 1 fully saturated rings. The van der Waals surface area contributed by atoms with Gasteiger partial charge in [-0.2, -0.15) is 20.5 Å². The lowest BCUT2D eigenvalue weighted by atomic mass is 10.2. The summed E-state index contributed by atoms with van der Waals surface area (Å²) in [5.74, 6) is -0.145. The lowest BCUT2D eigenvalue weighted by molar-refractivity contribution is -0.0499. The summed E-state index contributed by atoms with van der Waals surface area (Å²) in [7, 11) is 4.00. The van der Waals surface area contributed by atoms with Gasteiger partial charge in [0.15, 0.2) is 0 Å². The van der Waals surface area contributed by atoms with Crippen molar-refractivity contribution in [3.8, 4) is 5.75 Å². The first-order chi connectivity index (χ1) is 10.4. The molecule has 7 heteroatoms. The SMILES string of the molecule is CS[C@H]1CN(C(=O)c2cccc(OC(F)F)c2)C[C@H]1N(C)C. The number of ether oxygens (including phenoxy) is 1. The number of thioether (sulfide) groups is 1. The maximum Gasteiger partial charge on any atom is 0.387 e. The number of nitrogens with zero attached hydrogens (tertiary/aromatic N) is 2. The minimum Gasteiger partial charge on any atom is -0.435 e. The van der Waals surface area contributed by atoms with Crippen LogP contribution in [0.3, 0.4) is 0 Å². The first kappa shape index (κ1) is 17.0. The van der Waals surface area contributed by atoms with Crippen molar-refractivity contribution in [2.24, 2.45) is 0 Å². The number of carbonyl (C=O) groups is 1. The fraction of sp³-hybridized carbons (Fsp3) is 0.533. The van der Waals surface area contributed by atoms with Crippen LogP contribution in [0.5, 0.6) is 5.75 Å². The molecule has 1 saturated heterocycles. The van der Waals surface area contributed by atoms with Gasteiger partial charge in [-0.15, -0.1) is 0 Å². The van der Waals surface area contributed by atoms with Gasteiger partial charge in [-0.05, 0) is 38.6 Å². The number of alkyl halides is 2. The zero-order chi connectivity index (χ0) is 16.3. The molecule has 0 saturated carbocycles. The number of carbonyl (C=O) groups excluding carboxylic acids is 1. The van der Waals surface area contributed by atoms with E-state index in [1.165, 1.54) is 12.1 Å². The zero-order valence-electron chi connectivity index (χ0n) is 12.8. The van der Waals surface area contributed by atoms with E-state index in [0.29, 0.717) is 29.9 Å². The first-order valence-corrected chi connectivity index (χ1v) is 8.24. The lowest BCUT2D eigenvalue weighted by Gasteiger charge is -2.23. The third-order valence-electron chi connectivity index (χ3n) is 3.80. The summed E-state index contributed by atoms with van der Waals surface area (Å²) in [4.78, 5) is 16.5. The quantitative estimate of drug-likeness (QED) is 0.830. The second kappa shape index (κ2) is 7.28. The molecule has 4 nitrogen and oxygen atoms in total. The maximum absolute atomic E-state index is 12.6. The normalized spacial score (nSPS) is 21.7. The third kappa shape index (κ3) is 3.89. The van der Waals surface area contributed by atoms with Crippen LogP contribution >= 0.6 is 11.8 Å². The molecule has 1 aromatic rings. The van der Waals surface area contributed by atoms with Crippen molar-refractivity contribution >= 4 is 17.7 Å². The van der Waals surface area contributed by atoms with Crippen molar-refractivity contribution in [2.75, 3.05) is 33.4 Å². The van der Waals surface area contributed by atoms with E-state index in [1.54, 1.807) is 28.8 Å². The van der Waals surface area contributed by atoms with Gasteiger partial charge < -0.3 is 14.5 Å². The van der Waals surface area contributed by atoms with Crippen molar-refractivity contribution in [2.45, 2.75) is 17.9 Å². The number of likely N-dealkylation sites (tertiary alicyclic amines) is 1. The molecule has 2 rings (SSSR count). The Balaban J connectivity index is 2.12. The Bertz CT molecular complexity index is 528. The van der Waals surface area contributed by atoms with Crippen LogP contribution in [0.1, 0.15) is 10.4 Å². The number of halogens is 2. The number of rotatable bonds is 5. The van der Waals surface area contributed by atoms with Gasteiger partial charge >= 0.3 is 6.61 Å². The summed E-state index contributed by atoms with van der Waals surface area (Å²) in [6.07, 6.45) is 2.03. The number of benzene rings is 1. The Morgan fingerprint density at radius 2 is 2.14 bits per heavy atom. The van der Waals surface area contributed by atoms with Crippen LogP contribution < -0.4 is 4.74 Å². The summed E-state index contributed by atoms with van der Waals surface area (Å²) in [6.45, 7) is -1.60. The van der Waals surface area contributed by atoms with Gasteiger partial charge in [0.1, 0.15) is 5.75 Å². The Labute approximate surface area is 133 Å². The highest BCUT2D eigenvalue weighted by Gasteiger charge is 2.36. The van der Waals surface area contributed by atoms with E-state index in [4.69, 9.17) is 0 Å². The van der Waals surface area contributed by atoms with Crippen LogP contribution in [0.2, 0.25) is 0 Å². The van der Waals surface area contributed by atoms with Crippen molar-refractivity contribution in [1.82, 2.24) is 9.80 Å². The van der Waals surface area contributed by atoms with Gasteiger partial charge in [0.25, 0.3) is 5.91 Å². The largest absolute Gasteiger partial charge is 0.435 e. The Morgan fingerprint density at radius 1 is 1.41 bits per heavy atom. The molecule has 1 aromatic carbocycles. The van der Waals surface area contributed by atoms with Crippen LogP contribution in [-0.4, -0.2) is 67.1 Å². The van der Waals surface area contributed by atoms with Gasteiger partial charge in [0.05, 0.1) is 0 Å². The first-order valence-electron chi connectivity index (χ1n) is 6.95. The highest BCUT2D eigenvalue weighted by Crippen LogP contribution is 2.26. The zero-order valence-corrected chi connectivity index (χ0v) is 13.6. The molecular formula is C15H20F2N2O2S. The fourth-order valence-electron chi connectivity index (χ4n) is 2.64. The Morgan fingerprint density at radius 3 is 2.68 bits per heavy atom. The molecule has 22 heavy (non-hydrogen) atoms. The number of likely N-dealkylation sites (N-methyl/N-ethyl adjacent to an activating group) is 1. The predicted octanol–water partition coefficient (Wildman–Crippen LogP) is 2.41. The number of hydrogen-bond acceptors (Lipinski definition) is 4. The molecule has 1 aliphatic heterocycles. The van der Waals surface area contributed by atoms with Crippen LogP contribution in [0, 0.1) is 0 Å². The van der Waals surface area contributed by atoms with Gasteiger partial charge in [-0.3, -0.25) is 4.79 Å². The standard InChI is InChI=1S/C15H20F2N2O2S/c1-18(2)12-8-19(9-13(12)22-3)14(20)10-5-4-6-11(7-10)21-15(16)17/h4-7,12-13,15H,8-9H2,1-3H3/t12-,13+/m1/s1. The van der Waals surface area contributed by atoms with E-state index < -0.39 is 6.61 Å². The van der Waals surface area contributed by atoms with E-state index in [-0.39, 0.29) is 11.7 Å². The van der Waals surface area contributed by atoms with Crippen LogP contribution in [0.25, 0.3) is 0 Å². The van der Waals surface area contributed by atoms with Crippen LogP contribution in [-0.2, 0) is 0 Å². The minimum absolute atomic E-state index is 0.00521. The molecule has 2 atom stereocenters. The topological polar surface area (TPSA) is 32.8 Å². The molecule has 0 aliphatic carbocycles. The molecule has 1 heterocycles. The molecule has 0 radical (unpaired) electrons. The number of hydrogen-bond donors (Lipinski definition) is 0. The summed E-state index contributed by atoms with van der Waals surface area (Å²) in [6, 6.07) is 6.25. The molecule has 0 spiro atoms. The minimum atomic E-state index is -2.89. The number of amides is 1. The van der Waals surface area contributed by atoms with Crippen molar-refractivity contribution in [3.05, 3.63) is 29.8 Å². The van der Waals surface area contributed by atoms with Gasteiger partial charge in [0, 0.05) is 29.9 Å². The molecular weight excluding hydrogens is 310 g/mol. The summed E-state index contributed by atoms with van der Waals surface area (Å²) >= 11 is 1.74. The third-order valence-corrected chi connectivity index (χ3v) is 4.87. The second-order valence-electron chi connectivity index (χ2n) is 5.42. The van der Waals surface area contributed by atoms with E-state index in [0.717, 1.165) is 0 Å². The molecule has 1 aliphatic rings. The summed E-state index contributed by atoms with van der Waals surface area (Å²) in [5.41, 5.74) is 0.373. The molecule has 1 amide bonds. The fourth-order valence-corrected chi connectivity index (χ4v) is 3.61. The Kier molecular flexibility index (Phi) is 5.63. The monoisotopic (exact) mass is 330 g/mol. The van der Waals surface area contributed by atoms with Gasteiger partial charge in [-0.25, -0.2) is 0 Å². The van der Waals surface area contributed by atoms with E-state index in [2.05, 4.69) is 9.64 Å². The molecule has 122 valence electrons. The maximum atomic E-state index is 12.6. The average Bonchev–Trinajstić information content (AvgIpc) is 2.90. The second-order valence-corrected chi connectivity index (χ2v) is 6.50. The molecule has 0 N–H and O–H groups in total. The van der Waals surface area contributed by atoms with E-state index in [1.807, 2.05) is 20.4 Å².